The van der Waals surface area contributed by atoms with Gasteiger partial charge < -0.3 is 9.72 Å². The van der Waals surface area contributed by atoms with Crippen molar-refractivity contribution in [3.05, 3.63) is 52.3 Å². The van der Waals surface area contributed by atoms with Gasteiger partial charge in [-0.25, -0.2) is 23.7 Å². The number of fused-ring (bicyclic) bond motifs is 2. The fourth-order valence-corrected chi connectivity index (χ4v) is 2.93. The average molecular weight is 399 g/mol. The van der Waals surface area contributed by atoms with Crippen LogP contribution in [0.2, 0.25) is 0 Å². The van der Waals surface area contributed by atoms with Crippen molar-refractivity contribution in [1.29, 1.82) is 0 Å². The molecule has 0 atom stereocenters. The van der Waals surface area contributed by atoms with E-state index in [4.69, 9.17) is 4.74 Å². The van der Waals surface area contributed by atoms with Crippen LogP contribution in [0.4, 0.5) is 19.5 Å². The molecule has 29 heavy (non-hydrogen) atoms. The summed E-state index contributed by atoms with van der Waals surface area (Å²) < 4.78 is 32.3. The molecule has 2 aromatic heterocycles. The summed E-state index contributed by atoms with van der Waals surface area (Å²) in [4.78, 5) is 30.8. The van der Waals surface area contributed by atoms with E-state index in [0.29, 0.717) is 16.6 Å². The van der Waals surface area contributed by atoms with E-state index >= 15 is 0 Å². The van der Waals surface area contributed by atoms with Gasteiger partial charge in [-0.05, 0) is 38.1 Å². The lowest BCUT2D eigenvalue weighted by Gasteiger charge is -2.07. The van der Waals surface area contributed by atoms with Gasteiger partial charge in [0.15, 0.2) is 11.6 Å². The molecule has 0 radical (unpaired) electrons. The number of carbonyl (C=O) groups is 1. The molecule has 0 aliphatic rings. The number of aromatic nitrogens is 4. The first-order valence-corrected chi connectivity index (χ1v) is 8.67. The zero-order chi connectivity index (χ0) is 20.7. The average Bonchev–Trinajstić information content (AvgIpc) is 3.04. The number of nitrogens with one attached hydrogen (secondary N) is 3. The highest BCUT2D eigenvalue weighted by atomic mass is 19.2. The molecule has 3 N–H and O–H groups in total. The molecule has 148 valence electrons. The van der Waals surface area contributed by atoms with Gasteiger partial charge in [0.25, 0.3) is 5.56 Å². The standard InChI is InChI=1S/C19H15F2N5O3/c1-8(2)29-19(28)24-18-22-14-4-3-9(5-15(14)23-18)16-10-6-12(20)13(21)7-11(10)17(27)26-25-16/h3-8H,1-2H3,(H,26,27)(H2,22,23,24,28). The molecule has 0 spiro atoms. The molecule has 0 unspecified atom stereocenters. The van der Waals surface area contributed by atoms with Crippen LogP contribution < -0.4 is 10.9 Å². The summed E-state index contributed by atoms with van der Waals surface area (Å²) >= 11 is 0. The molecule has 0 fully saturated rings. The number of imidazole rings is 1. The van der Waals surface area contributed by atoms with Gasteiger partial charge in [-0.3, -0.25) is 10.1 Å². The SMILES string of the molecule is CC(C)OC(=O)Nc1nc2ccc(-c3n[nH]c(=O)c4cc(F)c(F)cc34)cc2[nH]1. The van der Waals surface area contributed by atoms with Crippen LogP contribution in [0.5, 0.6) is 0 Å². The lowest BCUT2D eigenvalue weighted by Crippen LogP contribution is -2.18. The lowest BCUT2D eigenvalue weighted by atomic mass is 10.0. The van der Waals surface area contributed by atoms with E-state index in [-0.39, 0.29) is 28.5 Å². The second kappa shape index (κ2) is 6.97. The normalized spacial score (nSPS) is 11.3. The number of H-pyrrole nitrogens is 2. The number of halogens is 2. The molecule has 2 aromatic carbocycles. The van der Waals surface area contributed by atoms with Gasteiger partial charge in [0.2, 0.25) is 5.95 Å². The van der Waals surface area contributed by atoms with Gasteiger partial charge in [-0.1, -0.05) is 6.07 Å². The second-order valence-corrected chi connectivity index (χ2v) is 6.61. The maximum Gasteiger partial charge on any atom is 0.414 e. The maximum absolute atomic E-state index is 13.8. The Bertz CT molecular complexity index is 1310. The highest BCUT2D eigenvalue weighted by Crippen LogP contribution is 2.28. The van der Waals surface area contributed by atoms with Crippen LogP contribution in [-0.2, 0) is 4.74 Å². The Morgan fingerprint density at radius 3 is 2.59 bits per heavy atom. The van der Waals surface area contributed by atoms with Gasteiger partial charge in [0, 0.05) is 10.9 Å². The first-order chi connectivity index (χ1) is 13.8. The van der Waals surface area contributed by atoms with Crippen LogP contribution in [0, 0.1) is 11.6 Å². The number of hydrogen-bond donors (Lipinski definition) is 3. The monoisotopic (exact) mass is 399 g/mol. The van der Waals surface area contributed by atoms with E-state index in [0.717, 1.165) is 12.1 Å². The van der Waals surface area contributed by atoms with Crippen LogP contribution in [-0.4, -0.2) is 32.4 Å². The van der Waals surface area contributed by atoms with Gasteiger partial charge >= 0.3 is 6.09 Å². The number of rotatable bonds is 3. The lowest BCUT2D eigenvalue weighted by molar-refractivity contribution is 0.130. The fraction of sp³-hybridized carbons (Fsp3) is 0.158. The maximum atomic E-state index is 13.8. The number of amides is 1. The van der Waals surface area contributed by atoms with Crippen LogP contribution in [0.15, 0.2) is 35.1 Å². The minimum absolute atomic E-state index is 0.0163. The summed E-state index contributed by atoms with van der Waals surface area (Å²) in [7, 11) is 0. The number of aromatic amines is 2. The highest BCUT2D eigenvalue weighted by Gasteiger charge is 2.15. The molecule has 0 saturated heterocycles. The minimum atomic E-state index is -1.12. The number of nitrogens with zero attached hydrogens (tertiary/aromatic N) is 2. The van der Waals surface area contributed by atoms with Crippen molar-refractivity contribution in [3.63, 3.8) is 0 Å². The van der Waals surface area contributed by atoms with Crippen molar-refractivity contribution in [3.8, 4) is 11.3 Å². The van der Waals surface area contributed by atoms with Crippen molar-refractivity contribution in [2.45, 2.75) is 20.0 Å². The Morgan fingerprint density at radius 1 is 1.14 bits per heavy atom. The molecular formula is C19H15F2N5O3. The molecule has 1 amide bonds. The van der Waals surface area contributed by atoms with Crippen molar-refractivity contribution in [2.24, 2.45) is 0 Å². The molecular weight excluding hydrogens is 384 g/mol. The molecule has 0 aliphatic carbocycles. The summed E-state index contributed by atoms with van der Waals surface area (Å²) in [5.41, 5.74) is 1.29. The number of ether oxygens (including phenoxy) is 1. The third-order valence-electron chi connectivity index (χ3n) is 4.15. The minimum Gasteiger partial charge on any atom is -0.447 e. The Balaban J connectivity index is 1.77. The van der Waals surface area contributed by atoms with Crippen molar-refractivity contribution >= 4 is 33.8 Å². The smallest absolute Gasteiger partial charge is 0.414 e. The van der Waals surface area contributed by atoms with E-state index in [2.05, 4.69) is 25.5 Å². The zero-order valence-electron chi connectivity index (χ0n) is 15.3. The molecule has 0 aliphatic heterocycles. The zero-order valence-corrected chi connectivity index (χ0v) is 15.3. The van der Waals surface area contributed by atoms with Gasteiger partial charge in [0.1, 0.15) is 0 Å². The molecule has 4 rings (SSSR count). The summed E-state index contributed by atoms with van der Waals surface area (Å²) in [6, 6.07) is 6.78. The largest absolute Gasteiger partial charge is 0.447 e. The third kappa shape index (κ3) is 3.51. The number of anilines is 1. The summed E-state index contributed by atoms with van der Waals surface area (Å²) in [5.74, 6) is -2.01. The predicted molar refractivity (Wildman–Crippen MR) is 103 cm³/mol. The number of hydrogen-bond acceptors (Lipinski definition) is 5. The van der Waals surface area contributed by atoms with Crippen LogP contribution in [0.1, 0.15) is 13.8 Å². The van der Waals surface area contributed by atoms with Crippen LogP contribution in [0.25, 0.3) is 33.1 Å². The fourth-order valence-electron chi connectivity index (χ4n) is 2.93. The molecule has 0 bridgehead atoms. The molecule has 2 heterocycles. The van der Waals surface area contributed by atoms with E-state index < -0.39 is 23.3 Å². The van der Waals surface area contributed by atoms with Gasteiger partial charge in [-0.2, -0.15) is 5.10 Å². The number of carbonyl (C=O) groups excluding carboxylic acids is 1. The third-order valence-corrected chi connectivity index (χ3v) is 4.15. The van der Waals surface area contributed by atoms with Crippen LogP contribution in [0.3, 0.4) is 0 Å². The van der Waals surface area contributed by atoms with Crippen molar-refractivity contribution < 1.29 is 18.3 Å². The molecule has 8 nitrogen and oxygen atoms in total. The highest BCUT2D eigenvalue weighted by molar-refractivity contribution is 5.96. The Labute approximate surface area is 161 Å². The van der Waals surface area contributed by atoms with E-state index in [1.165, 1.54) is 0 Å². The van der Waals surface area contributed by atoms with Gasteiger partial charge in [0.05, 0.1) is 28.2 Å². The molecule has 10 heteroatoms. The molecule has 4 aromatic rings. The second-order valence-electron chi connectivity index (χ2n) is 6.61. The van der Waals surface area contributed by atoms with Crippen molar-refractivity contribution in [1.82, 2.24) is 20.2 Å². The van der Waals surface area contributed by atoms with E-state index in [9.17, 15) is 18.4 Å². The Hall–Kier alpha value is -3.82. The Morgan fingerprint density at radius 2 is 1.86 bits per heavy atom. The van der Waals surface area contributed by atoms with Crippen LogP contribution >= 0.6 is 0 Å². The first-order valence-electron chi connectivity index (χ1n) is 8.67. The summed E-state index contributed by atoms with van der Waals surface area (Å²) in [6.45, 7) is 3.45. The predicted octanol–water partition coefficient (Wildman–Crippen LogP) is 3.70. The van der Waals surface area contributed by atoms with Gasteiger partial charge in [-0.15, -0.1) is 0 Å². The molecule has 0 saturated carbocycles. The van der Waals surface area contributed by atoms with Crippen molar-refractivity contribution in [2.75, 3.05) is 5.32 Å². The van der Waals surface area contributed by atoms with E-state index in [1.54, 1.807) is 32.0 Å². The summed E-state index contributed by atoms with van der Waals surface area (Å²) in [6.07, 6.45) is -0.930. The summed E-state index contributed by atoms with van der Waals surface area (Å²) in [5, 5.41) is 8.93. The first kappa shape index (κ1) is 18.5. The number of benzene rings is 2. The topological polar surface area (TPSA) is 113 Å². The van der Waals surface area contributed by atoms with E-state index in [1.807, 2.05) is 0 Å². The quantitative estimate of drug-likeness (QED) is 0.486. The Kier molecular flexibility index (Phi) is 4.45.